The van der Waals surface area contributed by atoms with Crippen LogP contribution in [0.5, 0.6) is 0 Å². The average Bonchev–Trinajstić information content (AvgIpc) is 2.60. The molecule has 2 rings (SSSR count). The van der Waals surface area contributed by atoms with Crippen molar-refractivity contribution in [2.24, 2.45) is 0 Å². The van der Waals surface area contributed by atoms with E-state index >= 15 is 0 Å². The molecule has 0 spiro atoms. The van der Waals surface area contributed by atoms with Gasteiger partial charge in [0.05, 0.1) is 16.0 Å². The Hall–Kier alpha value is -0.820. The zero-order valence-corrected chi connectivity index (χ0v) is 13.5. The zero-order valence-electron chi connectivity index (χ0n) is 10.4. The summed E-state index contributed by atoms with van der Waals surface area (Å²) in [6.45, 7) is 1.64. The second kappa shape index (κ2) is 6.30. The molecule has 1 unspecified atom stereocenters. The first-order chi connectivity index (χ1) is 9.38. The van der Waals surface area contributed by atoms with Gasteiger partial charge in [-0.1, -0.05) is 47.2 Å². The molecule has 1 aliphatic rings. The second-order valence-electron chi connectivity index (χ2n) is 4.12. The fourth-order valence-corrected chi connectivity index (χ4v) is 3.50. The molecule has 1 aromatic rings. The van der Waals surface area contributed by atoms with Gasteiger partial charge in [-0.2, -0.15) is 0 Å². The van der Waals surface area contributed by atoms with Crippen molar-refractivity contribution in [3.8, 4) is 0 Å². The smallest absolute Gasteiger partial charge is 0.244 e. The van der Waals surface area contributed by atoms with Crippen LogP contribution < -0.4 is 5.32 Å². The van der Waals surface area contributed by atoms with E-state index in [2.05, 4.69) is 5.32 Å². The van der Waals surface area contributed by atoms with Gasteiger partial charge in [-0.25, -0.2) is 0 Å². The van der Waals surface area contributed by atoms with E-state index in [9.17, 15) is 9.59 Å². The normalized spacial score (nSPS) is 18.6. The van der Waals surface area contributed by atoms with E-state index in [0.29, 0.717) is 20.1 Å². The minimum Gasteiger partial charge on any atom is -0.323 e. The maximum absolute atomic E-state index is 11.9. The number of benzene rings is 1. The van der Waals surface area contributed by atoms with Gasteiger partial charge >= 0.3 is 0 Å². The molecule has 1 saturated heterocycles. The number of rotatable bonds is 3. The SMILES string of the molecule is CC1SC(=S)N(CC(=O)Nc2ccc(Cl)cc2Cl)C1=O. The minimum absolute atomic E-state index is 0.117. The summed E-state index contributed by atoms with van der Waals surface area (Å²) in [5.41, 5.74) is 0.444. The Kier molecular flexibility index (Phi) is 4.90. The molecule has 1 atom stereocenters. The number of hydrogen-bond acceptors (Lipinski definition) is 4. The van der Waals surface area contributed by atoms with Gasteiger partial charge in [0.25, 0.3) is 0 Å². The summed E-state index contributed by atoms with van der Waals surface area (Å²) in [6.07, 6.45) is 0. The van der Waals surface area contributed by atoms with E-state index in [-0.39, 0.29) is 23.6 Å². The third kappa shape index (κ3) is 3.44. The van der Waals surface area contributed by atoms with Gasteiger partial charge in [-0.05, 0) is 25.1 Å². The van der Waals surface area contributed by atoms with Crippen LogP contribution in [0.15, 0.2) is 18.2 Å². The summed E-state index contributed by atoms with van der Waals surface area (Å²) in [6, 6.07) is 4.75. The molecule has 20 heavy (non-hydrogen) atoms. The first-order valence-corrected chi connectivity index (χ1v) is 7.70. The number of hydrogen-bond donors (Lipinski definition) is 1. The van der Waals surface area contributed by atoms with Gasteiger partial charge in [0.15, 0.2) is 0 Å². The molecule has 1 fully saturated rings. The van der Waals surface area contributed by atoms with Crippen molar-refractivity contribution in [1.82, 2.24) is 4.90 Å². The van der Waals surface area contributed by atoms with Gasteiger partial charge in [0.2, 0.25) is 11.8 Å². The number of carbonyl (C=O) groups excluding carboxylic acids is 2. The van der Waals surface area contributed by atoms with Crippen LogP contribution in [0.25, 0.3) is 0 Å². The lowest BCUT2D eigenvalue weighted by atomic mass is 10.3. The number of carbonyl (C=O) groups is 2. The molecule has 1 aromatic carbocycles. The van der Waals surface area contributed by atoms with Crippen molar-refractivity contribution < 1.29 is 9.59 Å². The Morgan fingerprint density at radius 1 is 1.50 bits per heavy atom. The van der Waals surface area contributed by atoms with Crippen molar-refractivity contribution in [3.05, 3.63) is 28.2 Å². The number of thiocarbonyl (C=S) groups is 1. The van der Waals surface area contributed by atoms with Gasteiger partial charge in [-0.3, -0.25) is 14.5 Å². The summed E-state index contributed by atoms with van der Waals surface area (Å²) in [5.74, 6) is -0.517. The topological polar surface area (TPSA) is 49.4 Å². The maximum atomic E-state index is 11.9. The lowest BCUT2D eigenvalue weighted by Gasteiger charge is -2.15. The van der Waals surface area contributed by atoms with E-state index in [1.165, 1.54) is 22.7 Å². The molecule has 0 saturated carbocycles. The largest absolute Gasteiger partial charge is 0.323 e. The third-order valence-electron chi connectivity index (χ3n) is 2.62. The lowest BCUT2D eigenvalue weighted by Crippen LogP contribution is -2.37. The lowest BCUT2D eigenvalue weighted by molar-refractivity contribution is -0.129. The standard InChI is InChI=1S/C12H10Cl2N2O2S2/c1-6-11(18)16(12(19)20-6)5-10(17)15-9-3-2-7(13)4-8(9)14/h2-4,6H,5H2,1H3,(H,15,17). The molecule has 0 radical (unpaired) electrons. The first-order valence-electron chi connectivity index (χ1n) is 5.65. The average molecular weight is 349 g/mol. The van der Waals surface area contributed by atoms with Gasteiger partial charge < -0.3 is 5.32 Å². The van der Waals surface area contributed by atoms with Crippen LogP contribution in [0.2, 0.25) is 10.0 Å². The van der Waals surface area contributed by atoms with Gasteiger partial charge in [0, 0.05) is 5.02 Å². The van der Waals surface area contributed by atoms with E-state index in [1.54, 1.807) is 19.1 Å². The molecule has 0 aromatic heterocycles. The first kappa shape index (κ1) is 15.6. The van der Waals surface area contributed by atoms with Crippen LogP contribution >= 0.6 is 47.2 Å². The summed E-state index contributed by atoms with van der Waals surface area (Å²) in [4.78, 5) is 25.0. The fraction of sp³-hybridized carbons (Fsp3) is 0.250. The van der Waals surface area contributed by atoms with E-state index in [1.807, 2.05) is 0 Å². The highest BCUT2D eigenvalue weighted by Gasteiger charge is 2.34. The summed E-state index contributed by atoms with van der Waals surface area (Å²) < 4.78 is 0.417. The summed E-state index contributed by atoms with van der Waals surface area (Å²) >= 11 is 18.1. The molecule has 0 aliphatic carbocycles. The zero-order chi connectivity index (χ0) is 14.9. The second-order valence-corrected chi connectivity index (χ2v) is 6.94. The quantitative estimate of drug-likeness (QED) is 0.852. The number of amides is 2. The fourth-order valence-electron chi connectivity index (χ4n) is 1.64. The van der Waals surface area contributed by atoms with Crippen molar-refractivity contribution in [2.45, 2.75) is 12.2 Å². The number of nitrogens with one attached hydrogen (secondary N) is 1. The molecule has 1 N–H and O–H groups in total. The Balaban J connectivity index is 2.03. The predicted octanol–water partition coefficient (Wildman–Crippen LogP) is 3.18. The van der Waals surface area contributed by atoms with E-state index < -0.39 is 0 Å². The molecule has 1 aliphatic heterocycles. The molecular formula is C12H10Cl2N2O2S2. The van der Waals surface area contributed by atoms with Crippen LogP contribution in [0.3, 0.4) is 0 Å². The Morgan fingerprint density at radius 3 is 2.75 bits per heavy atom. The van der Waals surface area contributed by atoms with Crippen LogP contribution in [0.1, 0.15) is 6.92 Å². The highest BCUT2D eigenvalue weighted by atomic mass is 35.5. The predicted molar refractivity (Wildman–Crippen MR) is 86.5 cm³/mol. The number of halogens is 2. The van der Waals surface area contributed by atoms with Crippen LogP contribution in [-0.2, 0) is 9.59 Å². The van der Waals surface area contributed by atoms with Crippen LogP contribution in [0.4, 0.5) is 5.69 Å². The maximum Gasteiger partial charge on any atom is 0.244 e. The Morgan fingerprint density at radius 2 is 2.20 bits per heavy atom. The van der Waals surface area contributed by atoms with E-state index in [4.69, 9.17) is 35.4 Å². The molecule has 2 amide bonds. The molecular weight excluding hydrogens is 339 g/mol. The molecule has 0 bridgehead atoms. The molecule has 8 heteroatoms. The molecule has 106 valence electrons. The summed E-state index contributed by atoms with van der Waals surface area (Å²) in [5, 5.41) is 3.20. The Labute approximate surface area is 135 Å². The van der Waals surface area contributed by atoms with Crippen LogP contribution in [-0.4, -0.2) is 32.8 Å². The summed E-state index contributed by atoms with van der Waals surface area (Å²) in [7, 11) is 0. The van der Waals surface area contributed by atoms with Gasteiger partial charge in [0.1, 0.15) is 10.9 Å². The van der Waals surface area contributed by atoms with Crippen molar-refractivity contribution in [2.75, 3.05) is 11.9 Å². The number of anilines is 1. The van der Waals surface area contributed by atoms with E-state index in [0.717, 1.165) is 0 Å². The Bertz CT molecular complexity index is 595. The highest BCUT2D eigenvalue weighted by molar-refractivity contribution is 8.24. The minimum atomic E-state index is -0.361. The highest BCUT2D eigenvalue weighted by Crippen LogP contribution is 2.27. The molecule has 1 heterocycles. The molecule has 4 nitrogen and oxygen atoms in total. The van der Waals surface area contributed by atoms with Crippen LogP contribution in [0, 0.1) is 0 Å². The van der Waals surface area contributed by atoms with Crippen molar-refractivity contribution >= 4 is 69.0 Å². The monoisotopic (exact) mass is 348 g/mol. The van der Waals surface area contributed by atoms with Crippen molar-refractivity contribution in [1.29, 1.82) is 0 Å². The number of thioether (sulfide) groups is 1. The third-order valence-corrected chi connectivity index (χ3v) is 4.65. The van der Waals surface area contributed by atoms with Gasteiger partial charge in [-0.15, -0.1) is 0 Å². The number of nitrogens with zero attached hydrogens (tertiary/aromatic N) is 1. The van der Waals surface area contributed by atoms with Crippen molar-refractivity contribution in [3.63, 3.8) is 0 Å².